The van der Waals surface area contributed by atoms with E-state index in [1.54, 1.807) is 0 Å². The molecule has 0 atom stereocenters. The van der Waals surface area contributed by atoms with E-state index in [0.29, 0.717) is 26.8 Å². The molecule has 0 N–H and O–H groups in total. The summed E-state index contributed by atoms with van der Waals surface area (Å²) >= 11 is 0.361. The van der Waals surface area contributed by atoms with Gasteiger partial charge in [0.1, 0.15) is 0 Å². The van der Waals surface area contributed by atoms with Crippen molar-refractivity contribution in [3.8, 4) is 0 Å². The van der Waals surface area contributed by atoms with Crippen LogP contribution in [0.4, 0.5) is 0 Å². The van der Waals surface area contributed by atoms with E-state index >= 15 is 0 Å². The molecule has 3 heteroatoms. The molecule has 0 aliphatic heterocycles. The second-order valence-electron chi connectivity index (χ2n) is 6.19. The van der Waals surface area contributed by atoms with Gasteiger partial charge in [-0.3, -0.25) is 0 Å². The molecule has 0 unspecified atom stereocenters. The van der Waals surface area contributed by atoms with Crippen LogP contribution in [0.2, 0.25) is 11.9 Å². The zero-order valence-electron chi connectivity index (χ0n) is 14.4. The van der Waals surface area contributed by atoms with Gasteiger partial charge in [0.05, 0.1) is 0 Å². The molecule has 0 bridgehead atoms. The number of carbonyl (C=O) groups excluding carboxylic acids is 1. The van der Waals surface area contributed by atoms with Gasteiger partial charge in [0, 0.05) is 0 Å². The fourth-order valence-electron chi connectivity index (χ4n) is 3.06. The zero-order valence-corrected chi connectivity index (χ0v) is 17.1. The number of hydrogen-bond donors (Lipinski definition) is 0. The van der Waals surface area contributed by atoms with Gasteiger partial charge in [-0.1, -0.05) is 0 Å². The van der Waals surface area contributed by atoms with Crippen LogP contribution in [0.15, 0.2) is 91.0 Å². The van der Waals surface area contributed by atoms with E-state index in [-0.39, 0.29) is 0 Å². The molecule has 25 heavy (non-hydrogen) atoms. The van der Waals surface area contributed by atoms with Crippen molar-refractivity contribution in [2.75, 3.05) is 0 Å². The van der Waals surface area contributed by atoms with Gasteiger partial charge < -0.3 is 0 Å². The van der Waals surface area contributed by atoms with Gasteiger partial charge in [0.25, 0.3) is 0 Å². The van der Waals surface area contributed by atoms with E-state index in [4.69, 9.17) is 0 Å². The molecular formula is C22H22OSeSi. The van der Waals surface area contributed by atoms with Crippen LogP contribution in [0.1, 0.15) is 6.42 Å². The Bertz CT molecular complexity index is 764. The SMILES string of the molecule is C[Si](C(=O)CC[Se]c1ccccc1)(c1ccccc1)c1ccccc1. The molecule has 0 amide bonds. The summed E-state index contributed by atoms with van der Waals surface area (Å²) in [6.07, 6.45) is 0.668. The zero-order chi connectivity index (χ0) is 17.5. The Morgan fingerprint density at radius 3 is 1.68 bits per heavy atom. The quantitative estimate of drug-likeness (QED) is 0.549. The Morgan fingerprint density at radius 2 is 1.20 bits per heavy atom. The first kappa shape index (κ1) is 17.9. The molecule has 0 aliphatic carbocycles. The first-order chi connectivity index (χ1) is 12.2. The molecule has 0 fully saturated rings. The molecule has 1 nitrogen and oxygen atoms in total. The van der Waals surface area contributed by atoms with E-state index < -0.39 is 8.07 Å². The van der Waals surface area contributed by atoms with Crippen LogP contribution in [0.5, 0.6) is 0 Å². The minimum atomic E-state index is -2.37. The average Bonchev–Trinajstić information content (AvgIpc) is 2.69. The van der Waals surface area contributed by atoms with Crippen molar-refractivity contribution in [2.24, 2.45) is 0 Å². The molecular weight excluding hydrogens is 387 g/mol. The Hall–Kier alpha value is -1.93. The maximum absolute atomic E-state index is 13.3. The van der Waals surface area contributed by atoms with Gasteiger partial charge in [-0.2, -0.15) is 0 Å². The fourth-order valence-corrected chi connectivity index (χ4v) is 8.62. The van der Waals surface area contributed by atoms with Gasteiger partial charge in [-0.05, 0) is 0 Å². The molecule has 3 aromatic rings. The van der Waals surface area contributed by atoms with Crippen molar-refractivity contribution in [3.63, 3.8) is 0 Å². The van der Waals surface area contributed by atoms with E-state index in [2.05, 4.69) is 55.1 Å². The summed E-state index contributed by atoms with van der Waals surface area (Å²) < 4.78 is 1.37. The van der Waals surface area contributed by atoms with E-state index in [1.807, 2.05) is 42.5 Å². The molecule has 0 aliphatic rings. The van der Waals surface area contributed by atoms with Gasteiger partial charge in [-0.15, -0.1) is 0 Å². The van der Waals surface area contributed by atoms with Crippen LogP contribution < -0.4 is 14.8 Å². The number of carbonyl (C=O) groups is 1. The van der Waals surface area contributed by atoms with Crippen molar-refractivity contribution in [1.82, 2.24) is 0 Å². The van der Waals surface area contributed by atoms with Crippen molar-refractivity contribution < 1.29 is 4.79 Å². The van der Waals surface area contributed by atoms with Crippen LogP contribution in [-0.2, 0) is 4.79 Å². The predicted octanol–water partition coefficient (Wildman–Crippen LogP) is 2.83. The van der Waals surface area contributed by atoms with Gasteiger partial charge in [-0.25, -0.2) is 0 Å². The van der Waals surface area contributed by atoms with Crippen molar-refractivity contribution in [3.05, 3.63) is 91.0 Å². The maximum atomic E-state index is 13.3. The van der Waals surface area contributed by atoms with Crippen molar-refractivity contribution in [2.45, 2.75) is 18.3 Å². The van der Waals surface area contributed by atoms with Crippen LogP contribution in [-0.4, -0.2) is 28.4 Å². The normalized spacial score (nSPS) is 11.2. The van der Waals surface area contributed by atoms with Gasteiger partial charge >= 0.3 is 157 Å². The fraction of sp³-hybridized carbons (Fsp3) is 0.136. The van der Waals surface area contributed by atoms with Crippen LogP contribution >= 0.6 is 0 Å². The van der Waals surface area contributed by atoms with E-state index in [9.17, 15) is 4.79 Å². The number of benzene rings is 3. The second-order valence-corrected chi connectivity index (χ2v) is 12.6. The van der Waals surface area contributed by atoms with Crippen molar-refractivity contribution in [1.29, 1.82) is 0 Å². The summed E-state index contributed by atoms with van der Waals surface area (Å²) in [5.41, 5.74) is 0. The third-order valence-corrected chi connectivity index (χ3v) is 11.1. The van der Waals surface area contributed by atoms with Gasteiger partial charge in [0.2, 0.25) is 0 Å². The molecule has 0 spiro atoms. The Kier molecular flexibility index (Phi) is 6.03. The Morgan fingerprint density at radius 1 is 0.760 bits per heavy atom. The molecule has 0 radical (unpaired) electrons. The van der Waals surface area contributed by atoms with Gasteiger partial charge in [0.15, 0.2) is 0 Å². The molecule has 3 aromatic carbocycles. The first-order valence-electron chi connectivity index (χ1n) is 8.53. The average molecular weight is 409 g/mol. The Balaban J connectivity index is 1.81. The van der Waals surface area contributed by atoms with Crippen LogP contribution in [0.25, 0.3) is 0 Å². The summed E-state index contributed by atoms with van der Waals surface area (Å²) in [6, 6.07) is 31.2. The summed E-state index contributed by atoms with van der Waals surface area (Å²) in [4.78, 5) is 13.3. The summed E-state index contributed by atoms with van der Waals surface area (Å²) in [6.45, 7) is 2.20. The summed E-state index contributed by atoms with van der Waals surface area (Å²) in [5.74, 6) is 0. The first-order valence-corrected chi connectivity index (χ1v) is 13.1. The third-order valence-electron chi connectivity index (χ3n) is 4.60. The van der Waals surface area contributed by atoms with Crippen LogP contribution in [0, 0.1) is 0 Å². The summed E-state index contributed by atoms with van der Waals surface area (Å²) in [7, 11) is -2.37. The molecule has 0 heterocycles. The number of hydrogen-bond acceptors (Lipinski definition) is 1. The van der Waals surface area contributed by atoms with Crippen molar-refractivity contribution >= 4 is 43.3 Å². The summed E-state index contributed by atoms with van der Waals surface area (Å²) in [5, 5.41) is 3.82. The molecule has 3 rings (SSSR count). The topological polar surface area (TPSA) is 17.1 Å². The minimum absolute atomic E-state index is 0.361. The third kappa shape index (κ3) is 4.19. The van der Waals surface area contributed by atoms with Crippen LogP contribution in [0.3, 0.4) is 0 Å². The second kappa shape index (κ2) is 8.44. The molecule has 0 saturated carbocycles. The Labute approximate surface area is 157 Å². The van der Waals surface area contributed by atoms with E-state index in [0.717, 1.165) is 5.32 Å². The molecule has 126 valence electrons. The van der Waals surface area contributed by atoms with E-state index in [1.165, 1.54) is 14.8 Å². The standard InChI is InChI=1S/C22H22OSeSi/c1-25(20-13-7-3-8-14-20,21-15-9-4-10-16-21)22(23)17-18-24-19-11-5-2-6-12-19/h2-16H,17-18H2,1H3. The number of rotatable bonds is 7. The molecule has 0 aromatic heterocycles. The molecule has 0 saturated heterocycles. The predicted molar refractivity (Wildman–Crippen MR) is 110 cm³/mol. The monoisotopic (exact) mass is 410 g/mol.